The Bertz CT molecular complexity index is 323. The molecule has 0 aromatic carbocycles. The average molecular weight is 259 g/mol. The second kappa shape index (κ2) is 6.01. The lowest BCUT2D eigenvalue weighted by molar-refractivity contribution is 0.318. The fourth-order valence-corrected chi connectivity index (χ4v) is 2.82. The third kappa shape index (κ3) is 4.42. The molecule has 1 fully saturated rings. The molecule has 1 saturated carbocycles. The molecule has 0 spiro atoms. The van der Waals surface area contributed by atoms with Crippen molar-refractivity contribution in [1.29, 1.82) is 0 Å². The molecule has 2 rings (SSSR count). The summed E-state index contributed by atoms with van der Waals surface area (Å²) in [5.41, 5.74) is 0. The molecule has 90 valence electrons. The van der Waals surface area contributed by atoms with E-state index in [0.717, 1.165) is 29.9 Å². The van der Waals surface area contributed by atoms with E-state index >= 15 is 0 Å². The highest BCUT2D eigenvalue weighted by Gasteiger charge is 2.22. The van der Waals surface area contributed by atoms with Crippen LogP contribution in [0.1, 0.15) is 17.7 Å². The number of rotatable bonds is 7. The van der Waals surface area contributed by atoms with Gasteiger partial charge in [-0.1, -0.05) is 11.6 Å². The molecule has 0 bridgehead atoms. The van der Waals surface area contributed by atoms with Crippen LogP contribution in [-0.2, 0) is 6.54 Å². The Kier molecular flexibility index (Phi) is 4.65. The van der Waals surface area contributed by atoms with E-state index in [1.54, 1.807) is 11.3 Å². The standard InChI is InChI=1S/C12H19ClN2S/c1-15(9-10-2-3-10)7-6-14-8-11-4-5-12(13)16-11/h4-5,10,14H,2-3,6-9H2,1H3. The van der Waals surface area contributed by atoms with Crippen molar-refractivity contribution in [3.05, 3.63) is 21.3 Å². The second-order valence-corrected chi connectivity index (χ2v) is 6.39. The molecule has 0 aliphatic heterocycles. The van der Waals surface area contributed by atoms with Gasteiger partial charge in [0.05, 0.1) is 4.34 Å². The van der Waals surface area contributed by atoms with Crippen molar-refractivity contribution in [2.45, 2.75) is 19.4 Å². The molecule has 1 N–H and O–H groups in total. The van der Waals surface area contributed by atoms with Gasteiger partial charge >= 0.3 is 0 Å². The Labute approximate surface area is 107 Å². The van der Waals surface area contributed by atoms with Crippen LogP contribution in [0.4, 0.5) is 0 Å². The van der Waals surface area contributed by atoms with Gasteiger partial charge < -0.3 is 10.2 Å². The lowest BCUT2D eigenvalue weighted by Crippen LogP contribution is -2.30. The van der Waals surface area contributed by atoms with E-state index in [4.69, 9.17) is 11.6 Å². The molecular formula is C12H19ClN2S. The maximum Gasteiger partial charge on any atom is 0.0931 e. The minimum absolute atomic E-state index is 0.877. The van der Waals surface area contributed by atoms with E-state index < -0.39 is 0 Å². The van der Waals surface area contributed by atoms with Gasteiger partial charge in [0.15, 0.2) is 0 Å². The molecular weight excluding hydrogens is 240 g/mol. The van der Waals surface area contributed by atoms with Gasteiger partial charge in [-0.05, 0) is 37.9 Å². The lowest BCUT2D eigenvalue weighted by atomic mass is 10.4. The molecule has 1 aliphatic rings. The van der Waals surface area contributed by atoms with Gasteiger partial charge in [-0.3, -0.25) is 0 Å². The van der Waals surface area contributed by atoms with Crippen molar-refractivity contribution in [2.75, 3.05) is 26.7 Å². The topological polar surface area (TPSA) is 15.3 Å². The Morgan fingerprint density at radius 1 is 1.50 bits per heavy atom. The molecule has 0 unspecified atom stereocenters. The van der Waals surface area contributed by atoms with E-state index in [1.807, 2.05) is 6.07 Å². The van der Waals surface area contributed by atoms with Crippen molar-refractivity contribution in [3.8, 4) is 0 Å². The third-order valence-electron chi connectivity index (χ3n) is 2.87. The molecule has 2 nitrogen and oxygen atoms in total. The maximum absolute atomic E-state index is 5.87. The highest BCUT2D eigenvalue weighted by Crippen LogP contribution is 2.29. The largest absolute Gasteiger partial charge is 0.311 e. The van der Waals surface area contributed by atoms with Gasteiger partial charge in [0.2, 0.25) is 0 Å². The number of likely N-dealkylation sites (N-methyl/N-ethyl adjacent to an activating group) is 1. The van der Waals surface area contributed by atoms with Crippen molar-refractivity contribution >= 4 is 22.9 Å². The van der Waals surface area contributed by atoms with E-state index in [0.29, 0.717) is 0 Å². The minimum Gasteiger partial charge on any atom is -0.311 e. The van der Waals surface area contributed by atoms with Gasteiger partial charge in [-0.25, -0.2) is 0 Å². The Morgan fingerprint density at radius 2 is 2.31 bits per heavy atom. The number of hydrogen-bond acceptors (Lipinski definition) is 3. The van der Waals surface area contributed by atoms with Crippen LogP contribution >= 0.6 is 22.9 Å². The molecule has 0 amide bonds. The normalized spacial score (nSPS) is 15.9. The molecule has 1 aliphatic carbocycles. The summed E-state index contributed by atoms with van der Waals surface area (Å²) in [7, 11) is 2.21. The number of halogens is 1. The zero-order valence-corrected chi connectivity index (χ0v) is 11.3. The first-order valence-electron chi connectivity index (χ1n) is 5.87. The van der Waals surface area contributed by atoms with Crippen molar-refractivity contribution in [2.24, 2.45) is 5.92 Å². The average Bonchev–Trinajstić information content (AvgIpc) is 2.95. The molecule has 0 saturated heterocycles. The van der Waals surface area contributed by atoms with Crippen LogP contribution in [0.5, 0.6) is 0 Å². The summed E-state index contributed by atoms with van der Waals surface area (Å²) in [5, 5.41) is 3.45. The number of nitrogens with zero attached hydrogens (tertiary/aromatic N) is 1. The zero-order chi connectivity index (χ0) is 11.4. The monoisotopic (exact) mass is 258 g/mol. The van der Waals surface area contributed by atoms with E-state index in [9.17, 15) is 0 Å². The molecule has 16 heavy (non-hydrogen) atoms. The Balaban J connectivity index is 1.54. The lowest BCUT2D eigenvalue weighted by Gasteiger charge is -2.16. The van der Waals surface area contributed by atoms with Crippen LogP contribution in [0.25, 0.3) is 0 Å². The highest BCUT2D eigenvalue weighted by atomic mass is 35.5. The van der Waals surface area contributed by atoms with E-state index in [-0.39, 0.29) is 0 Å². The first-order valence-corrected chi connectivity index (χ1v) is 7.07. The summed E-state index contributed by atoms with van der Waals surface area (Å²) in [5.74, 6) is 0.987. The summed E-state index contributed by atoms with van der Waals surface area (Å²) in [4.78, 5) is 3.74. The smallest absolute Gasteiger partial charge is 0.0931 e. The molecule has 1 aromatic rings. The third-order valence-corrected chi connectivity index (χ3v) is 4.10. The molecule has 0 atom stereocenters. The second-order valence-electron chi connectivity index (χ2n) is 4.59. The van der Waals surface area contributed by atoms with Crippen LogP contribution in [0, 0.1) is 5.92 Å². The predicted molar refractivity (Wildman–Crippen MR) is 71.3 cm³/mol. The Morgan fingerprint density at radius 3 is 2.94 bits per heavy atom. The quantitative estimate of drug-likeness (QED) is 0.757. The van der Waals surface area contributed by atoms with Crippen LogP contribution in [0.15, 0.2) is 12.1 Å². The van der Waals surface area contributed by atoms with Crippen LogP contribution in [0.3, 0.4) is 0 Å². The van der Waals surface area contributed by atoms with Crippen molar-refractivity contribution < 1.29 is 0 Å². The fourth-order valence-electron chi connectivity index (χ4n) is 1.76. The molecule has 0 radical (unpaired) electrons. The van der Waals surface area contributed by atoms with Gasteiger partial charge in [0, 0.05) is 31.1 Å². The zero-order valence-electron chi connectivity index (χ0n) is 9.71. The first-order chi connectivity index (χ1) is 7.74. The summed E-state index contributed by atoms with van der Waals surface area (Å²) < 4.78 is 0.877. The summed E-state index contributed by atoms with van der Waals surface area (Å²) in [6.45, 7) is 4.40. The SMILES string of the molecule is CN(CCNCc1ccc(Cl)s1)CC1CC1. The molecule has 1 aromatic heterocycles. The van der Waals surface area contributed by atoms with Crippen LogP contribution in [0.2, 0.25) is 4.34 Å². The fraction of sp³-hybridized carbons (Fsp3) is 0.667. The van der Waals surface area contributed by atoms with Crippen molar-refractivity contribution in [1.82, 2.24) is 10.2 Å². The number of nitrogens with one attached hydrogen (secondary N) is 1. The first kappa shape index (κ1) is 12.4. The highest BCUT2D eigenvalue weighted by molar-refractivity contribution is 7.16. The predicted octanol–water partition coefficient (Wildman–Crippen LogP) is 2.83. The minimum atomic E-state index is 0.877. The number of hydrogen-bond donors (Lipinski definition) is 1. The summed E-state index contributed by atoms with van der Waals surface area (Å²) >= 11 is 7.53. The number of thiophene rings is 1. The molecule has 4 heteroatoms. The van der Waals surface area contributed by atoms with Crippen molar-refractivity contribution in [3.63, 3.8) is 0 Å². The van der Waals surface area contributed by atoms with Gasteiger partial charge in [-0.2, -0.15) is 0 Å². The van der Waals surface area contributed by atoms with Crippen LogP contribution < -0.4 is 5.32 Å². The molecule has 1 heterocycles. The van der Waals surface area contributed by atoms with E-state index in [1.165, 1.54) is 24.3 Å². The van der Waals surface area contributed by atoms with Gasteiger partial charge in [-0.15, -0.1) is 11.3 Å². The van der Waals surface area contributed by atoms with E-state index in [2.05, 4.69) is 23.3 Å². The maximum atomic E-state index is 5.87. The van der Waals surface area contributed by atoms with Gasteiger partial charge in [0.1, 0.15) is 0 Å². The summed E-state index contributed by atoms with van der Waals surface area (Å²) in [6, 6.07) is 4.05. The Hall–Kier alpha value is -0.0900. The summed E-state index contributed by atoms with van der Waals surface area (Å²) in [6.07, 6.45) is 2.87. The van der Waals surface area contributed by atoms with Crippen LogP contribution in [-0.4, -0.2) is 31.6 Å². The van der Waals surface area contributed by atoms with Gasteiger partial charge in [0.25, 0.3) is 0 Å².